The van der Waals surface area contributed by atoms with E-state index in [-0.39, 0.29) is 29.3 Å². The Balaban J connectivity index is 1.18. The number of amides is 2. The second kappa shape index (κ2) is 11.0. The third kappa shape index (κ3) is 5.12. The zero-order valence-corrected chi connectivity index (χ0v) is 22.4. The van der Waals surface area contributed by atoms with Gasteiger partial charge in [-0.1, -0.05) is 18.2 Å². The van der Waals surface area contributed by atoms with Crippen molar-refractivity contribution in [2.75, 3.05) is 49.6 Å². The molecule has 1 atom stereocenters. The summed E-state index contributed by atoms with van der Waals surface area (Å²) in [7, 11) is 0. The zero-order valence-electron chi connectivity index (χ0n) is 22.4. The lowest BCUT2D eigenvalue weighted by Gasteiger charge is -2.37. The van der Waals surface area contributed by atoms with Crippen LogP contribution in [0.5, 0.6) is 0 Å². The van der Waals surface area contributed by atoms with Gasteiger partial charge in [0, 0.05) is 56.5 Å². The van der Waals surface area contributed by atoms with Crippen LogP contribution in [0.25, 0.3) is 0 Å². The maximum Gasteiger partial charge on any atom is 0.254 e. The molecule has 6 rings (SSSR count). The molecule has 11 heteroatoms. The first-order chi connectivity index (χ1) is 19.5. The van der Waals surface area contributed by atoms with Gasteiger partial charge in [0.15, 0.2) is 17.3 Å². The fraction of sp³-hybridized carbons (Fsp3) is 0.379. The highest BCUT2D eigenvalue weighted by molar-refractivity contribution is 5.99. The van der Waals surface area contributed by atoms with E-state index < -0.39 is 0 Å². The number of morpholine rings is 1. The first-order valence-electron chi connectivity index (χ1n) is 13.6. The highest BCUT2D eigenvalue weighted by Crippen LogP contribution is 2.29. The number of carbonyl (C=O) groups excluding carboxylic acids is 3. The first-order valence-corrected chi connectivity index (χ1v) is 13.6. The van der Waals surface area contributed by atoms with Gasteiger partial charge in [0.05, 0.1) is 19.3 Å². The van der Waals surface area contributed by atoms with E-state index in [1.807, 2.05) is 34.1 Å². The van der Waals surface area contributed by atoms with E-state index >= 15 is 0 Å². The number of piperidine rings is 1. The maximum absolute atomic E-state index is 13.1. The van der Waals surface area contributed by atoms with Gasteiger partial charge in [0.25, 0.3) is 11.8 Å². The quantitative estimate of drug-likeness (QED) is 0.470. The normalized spacial score (nSPS) is 19.0. The van der Waals surface area contributed by atoms with Crippen molar-refractivity contribution in [3.8, 4) is 0 Å². The van der Waals surface area contributed by atoms with Crippen molar-refractivity contribution in [2.24, 2.45) is 0 Å². The lowest BCUT2D eigenvalue weighted by molar-refractivity contribution is 0.0303. The average Bonchev–Trinajstić information content (AvgIpc) is 3.34. The van der Waals surface area contributed by atoms with E-state index in [9.17, 15) is 14.4 Å². The van der Waals surface area contributed by atoms with Crippen LogP contribution in [-0.2, 0) is 11.3 Å². The summed E-state index contributed by atoms with van der Waals surface area (Å²) in [6.07, 6.45) is 1.78. The Hall–Kier alpha value is -4.38. The minimum absolute atomic E-state index is 0.0256. The third-order valence-corrected chi connectivity index (χ3v) is 7.67. The predicted octanol–water partition coefficient (Wildman–Crippen LogP) is 2.92. The van der Waals surface area contributed by atoms with Gasteiger partial charge < -0.3 is 24.8 Å². The number of rotatable bonds is 6. The monoisotopic (exact) mass is 541 g/mol. The van der Waals surface area contributed by atoms with Crippen LogP contribution in [0.4, 0.5) is 17.5 Å². The van der Waals surface area contributed by atoms with E-state index in [0.29, 0.717) is 62.4 Å². The molecule has 2 aromatic carbocycles. The standard InChI is InChI=1S/C29H31N7O4/c1-19(37)25-26(30-22-10-8-20(9-11-22)27(38)34-13-15-40-16-14-34)31-29(33-32-25)35-12-4-6-23(18-35)36-17-21-5-2-3-7-24(21)28(36)39/h2-3,5,7-11,23H,4,6,12-18H2,1H3,(H,30,31,33)/t23-/m1/s1. The van der Waals surface area contributed by atoms with Crippen molar-refractivity contribution in [2.45, 2.75) is 32.4 Å². The average molecular weight is 542 g/mol. The minimum Gasteiger partial charge on any atom is -0.378 e. The van der Waals surface area contributed by atoms with Crippen molar-refractivity contribution in [1.82, 2.24) is 25.0 Å². The first kappa shape index (κ1) is 25.9. The van der Waals surface area contributed by atoms with Crippen molar-refractivity contribution in [3.63, 3.8) is 0 Å². The fourth-order valence-corrected chi connectivity index (χ4v) is 5.52. The summed E-state index contributed by atoms with van der Waals surface area (Å²) < 4.78 is 5.33. The van der Waals surface area contributed by atoms with E-state index in [2.05, 4.69) is 15.5 Å². The molecule has 3 aromatic rings. The second-order valence-electron chi connectivity index (χ2n) is 10.3. The maximum atomic E-state index is 13.1. The van der Waals surface area contributed by atoms with Crippen LogP contribution in [0.15, 0.2) is 48.5 Å². The van der Waals surface area contributed by atoms with Crippen LogP contribution in [0.2, 0.25) is 0 Å². The van der Waals surface area contributed by atoms with Gasteiger partial charge in [-0.3, -0.25) is 14.4 Å². The van der Waals surface area contributed by atoms with Gasteiger partial charge in [-0.25, -0.2) is 0 Å². The molecule has 0 unspecified atom stereocenters. The van der Waals surface area contributed by atoms with Gasteiger partial charge in [-0.2, -0.15) is 4.98 Å². The number of carbonyl (C=O) groups is 3. The molecule has 2 fully saturated rings. The molecule has 3 aliphatic heterocycles. The summed E-state index contributed by atoms with van der Waals surface area (Å²) in [4.78, 5) is 48.6. The van der Waals surface area contributed by atoms with Gasteiger partial charge >= 0.3 is 0 Å². The molecular weight excluding hydrogens is 510 g/mol. The number of ether oxygens (including phenoxy) is 1. The Kier molecular flexibility index (Phi) is 7.12. The molecule has 1 aromatic heterocycles. The van der Waals surface area contributed by atoms with E-state index in [0.717, 1.165) is 30.5 Å². The summed E-state index contributed by atoms with van der Waals surface area (Å²) >= 11 is 0. The minimum atomic E-state index is -0.259. The molecule has 0 aliphatic carbocycles. The largest absolute Gasteiger partial charge is 0.378 e. The lowest BCUT2D eigenvalue weighted by Crippen LogP contribution is -2.48. The Morgan fingerprint density at radius 3 is 2.52 bits per heavy atom. The van der Waals surface area contributed by atoms with Gasteiger partial charge in [0.2, 0.25) is 5.95 Å². The molecule has 11 nitrogen and oxygen atoms in total. The Bertz CT molecular complexity index is 1440. The number of nitrogens with one attached hydrogen (secondary N) is 1. The molecule has 40 heavy (non-hydrogen) atoms. The molecule has 2 amide bonds. The molecule has 2 saturated heterocycles. The number of hydrogen-bond donors (Lipinski definition) is 1. The molecular formula is C29H31N7O4. The predicted molar refractivity (Wildman–Crippen MR) is 148 cm³/mol. The summed E-state index contributed by atoms with van der Waals surface area (Å²) in [6.45, 7) is 5.58. The number of benzene rings is 2. The van der Waals surface area contributed by atoms with E-state index in [1.54, 1.807) is 29.2 Å². The fourth-order valence-electron chi connectivity index (χ4n) is 5.52. The summed E-state index contributed by atoms with van der Waals surface area (Å²) in [6, 6.07) is 14.8. The Morgan fingerprint density at radius 1 is 1.00 bits per heavy atom. The lowest BCUT2D eigenvalue weighted by atomic mass is 10.0. The molecule has 0 spiro atoms. The highest BCUT2D eigenvalue weighted by atomic mass is 16.5. The van der Waals surface area contributed by atoms with Crippen LogP contribution < -0.4 is 10.2 Å². The molecule has 206 valence electrons. The number of nitrogens with zero attached hydrogens (tertiary/aromatic N) is 6. The second-order valence-corrected chi connectivity index (χ2v) is 10.3. The Labute approximate surface area is 232 Å². The van der Waals surface area contributed by atoms with Crippen LogP contribution >= 0.6 is 0 Å². The van der Waals surface area contributed by atoms with Crippen molar-refractivity contribution in [3.05, 3.63) is 70.9 Å². The third-order valence-electron chi connectivity index (χ3n) is 7.67. The molecule has 1 N–H and O–H groups in total. The molecule has 4 heterocycles. The Morgan fingerprint density at radius 2 is 1.77 bits per heavy atom. The number of aromatic nitrogens is 3. The smallest absolute Gasteiger partial charge is 0.254 e. The van der Waals surface area contributed by atoms with Crippen molar-refractivity contribution < 1.29 is 19.1 Å². The van der Waals surface area contributed by atoms with Gasteiger partial charge in [0.1, 0.15) is 0 Å². The summed E-state index contributed by atoms with van der Waals surface area (Å²) in [5, 5.41) is 11.7. The van der Waals surface area contributed by atoms with Crippen LogP contribution in [0.1, 0.15) is 56.5 Å². The van der Waals surface area contributed by atoms with Crippen LogP contribution in [0, 0.1) is 0 Å². The summed E-state index contributed by atoms with van der Waals surface area (Å²) in [5.74, 6) is 0.470. The van der Waals surface area contributed by atoms with Crippen LogP contribution in [0.3, 0.4) is 0 Å². The van der Waals surface area contributed by atoms with Crippen molar-refractivity contribution >= 4 is 35.1 Å². The number of hydrogen-bond acceptors (Lipinski definition) is 9. The highest BCUT2D eigenvalue weighted by Gasteiger charge is 2.35. The number of anilines is 3. The number of Topliss-reactive ketones (excluding diaryl/α,β-unsaturated/α-hetero) is 1. The van der Waals surface area contributed by atoms with E-state index in [4.69, 9.17) is 9.72 Å². The molecule has 0 saturated carbocycles. The van der Waals surface area contributed by atoms with Gasteiger partial charge in [-0.15, -0.1) is 10.2 Å². The topological polar surface area (TPSA) is 121 Å². The number of fused-ring (bicyclic) bond motifs is 1. The molecule has 0 radical (unpaired) electrons. The zero-order chi connectivity index (χ0) is 27.6. The van der Waals surface area contributed by atoms with E-state index in [1.165, 1.54) is 6.92 Å². The number of ketones is 1. The van der Waals surface area contributed by atoms with Gasteiger partial charge in [-0.05, 0) is 48.7 Å². The molecule has 3 aliphatic rings. The van der Waals surface area contributed by atoms with Crippen LogP contribution in [-0.4, -0.2) is 88.0 Å². The summed E-state index contributed by atoms with van der Waals surface area (Å²) in [5.41, 5.74) is 3.21. The van der Waals surface area contributed by atoms with Crippen molar-refractivity contribution in [1.29, 1.82) is 0 Å². The molecule has 0 bridgehead atoms. The SMILES string of the molecule is CC(=O)c1nnc(N2CCC[C@@H](N3Cc4ccccc4C3=O)C2)nc1Nc1ccc(C(=O)N2CCOCC2)cc1.